The maximum absolute atomic E-state index is 13.4. The molecule has 2 aromatic rings. The van der Waals surface area contributed by atoms with Crippen LogP contribution in [0.2, 0.25) is 10.0 Å². The standard InChI is InChI=1S/C15H10Cl2F3NO4S/c16-8-4-5-12(10(17)6-8)26(24,25)14-9(15(18,19)20)2-1-3-11(14)21-7-13(22)23/h1-6,21H,7H2,(H,22,23). The number of sulfone groups is 1. The predicted octanol–water partition coefficient (Wildman–Crippen LogP) is 4.34. The van der Waals surface area contributed by atoms with Crippen molar-refractivity contribution < 1.29 is 31.5 Å². The smallest absolute Gasteiger partial charge is 0.417 e. The number of alkyl halides is 3. The van der Waals surface area contributed by atoms with Gasteiger partial charge in [-0.1, -0.05) is 29.3 Å². The molecule has 0 bridgehead atoms. The van der Waals surface area contributed by atoms with Crippen molar-refractivity contribution in [3.63, 3.8) is 0 Å². The van der Waals surface area contributed by atoms with Gasteiger partial charge in [0, 0.05) is 5.02 Å². The third kappa shape index (κ3) is 4.22. The number of carboxylic acids is 1. The average molecular weight is 428 g/mol. The highest BCUT2D eigenvalue weighted by molar-refractivity contribution is 7.91. The van der Waals surface area contributed by atoms with E-state index in [1.165, 1.54) is 6.07 Å². The van der Waals surface area contributed by atoms with E-state index in [1.54, 1.807) is 0 Å². The van der Waals surface area contributed by atoms with E-state index in [1.807, 2.05) is 0 Å². The third-order valence-corrected chi connectivity index (χ3v) is 5.77. The van der Waals surface area contributed by atoms with Crippen molar-refractivity contribution in [2.45, 2.75) is 16.0 Å². The Bertz CT molecular complexity index is 962. The Kier molecular flexibility index (Phi) is 5.74. The topological polar surface area (TPSA) is 83.5 Å². The molecule has 2 aromatic carbocycles. The number of rotatable bonds is 5. The van der Waals surface area contributed by atoms with Gasteiger partial charge in [0.15, 0.2) is 0 Å². The first-order valence-electron chi connectivity index (χ1n) is 6.80. The summed E-state index contributed by atoms with van der Waals surface area (Å²) in [6.07, 6.45) is -5.00. The first kappa shape index (κ1) is 20.3. The Balaban J connectivity index is 2.77. The van der Waals surface area contributed by atoms with Gasteiger partial charge < -0.3 is 10.4 Å². The zero-order valence-electron chi connectivity index (χ0n) is 12.6. The van der Waals surface area contributed by atoms with Gasteiger partial charge in [-0.25, -0.2) is 8.42 Å². The minimum atomic E-state index is -5.00. The summed E-state index contributed by atoms with van der Waals surface area (Å²) in [6, 6.07) is 5.82. The maximum Gasteiger partial charge on any atom is 0.417 e. The molecule has 140 valence electrons. The summed E-state index contributed by atoms with van der Waals surface area (Å²) in [7, 11) is -4.74. The molecule has 0 saturated carbocycles. The lowest BCUT2D eigenvalue weighted by Gasteiger charge is -2.18. The quantitative estimate of drug-likeness (QED) is 0.741. The van der Waals surface area contributed by atoms with E-state index < -0.39 is 49.6 Å². The first-order chi connectivity index (χ1) is 11.9. The van der Waals surface area contributed by atoms with E-state index in [2.05, 4.69) is 5.32 Å². The van der Waals surface area contributed by atoms with E-state index in [-0.39, 0.29) is 10.0 Å². The second-order valence-electron chi connectivity index (χ2n) is 5.01. The van der Waals surface area contributed by atoms with Gasteiger partial charge in [0.05, 0.1) is 21.2 Å². The summed E-state index contributed by atoms with van der Waals surface area (Å²) in [4.78, 5) is 9.01. The zero-order chi connectivity index (χ0) is 19.7. The van der Waals surface area contributed by atoms with Crippen LogP contribution in [-0.4, -0.2) is 26.0 Å². The van der Waals surface area contributed by atoms with Crippen molar-refractivity contribution in [3.05, 3.63) is 52.0 Å². The molecule has 0 fully saturated rings. The Hall–Kier alpha value is -1.97. The molecule has 11 heteroatoms. The van der Waals surface area contributed by atoms with Gasteiger partial charge in [-0.2, -0.15) is 13.2 Å². The summed E-state index contributed by atoms with van der Waals surface area (Å²) in [6.45, 7) is -0.780. The molecule has 2 rings (SSSR count). The van der Waals surface area contributed by atoms with Crippen LogP contribution in [-0.2, 0) is 20.8 Å². The molecule has 0 spiro atoms. The molecule has 26 heavy (non-hydrogen) atoms. The molecule has 0 atom stereocenters. The number of hydrogen-bond acceptors (Lipinski definition) is 4. The zero-order valence-corrected chi connectivity index (χ0v) is 15.0. The fourth-order valence-electron chi connectivity index (χ4n) is 2.16. The van der Waals surface area contributed by atoms with E-state index in [0.29, 0.717) is 6.07 Å². The molecular formula is C15H10Cl2F3NO4S. The van der Waals surface area contributed by atoms with Crippen LogP contribution in [0, 0.1) is 0 Å². The Morgan fingerprint density at radius 3 is 2.35 bits per heavy atom. The van der Waals surface area contributed by atoms with Crippen LogP contribution in [0.25, 0.3) is 0 Å². The number of hydrogen-bond donors (Lipinski definition) is 2. The lowest BCUT2D eigenvalue weighted by Crippen LogP contribution is -2.19. The predicted molar refractivity (Wildman–Crippen MR) is 89.5 cm³/mol. The molecule has 5 nitrogen and oxygen atoms in total. The van der Waals surface area contributed by atoms with Crippen LogP contribution >= 0.6 is 23.2 Å². The first-order valence-corrected chi connectivity index (χ1v) is 9.04. The highest BCUT2D eigenvalue weighted by atomic mass is 35.5. The van der Waals surface area contributed by atoms with Gasteiger partial charge in [-0.3, -0.25) is 4.79 Å². The Labute approximate surface area is 156 Å². The minimum absolute atomic E-state index is 0.0993. The molecule has 0 amide bonds. The molecule has 0 unspecified atom stereocenters. The van der Waals surface area contributed by atoms with E-state index in [0.717, 1.165) is 24.3 Å². The summed E-state index contributed by atoms with van der Waals surface area (Å²) in [5.74, 6) is -1.38. The van der Waals surface area contributed by atoms with Crippen molar-refractivity contribution in [2.24, 2.45) is 0 Å². The van der Waals surface area contributed by atoms with Crippen molar-refractivity contribution in [1.29, 1.82) is 0 Å². The van der Waals surface area contributed by atoms with Crippen molar-refractivity contribution in [1.82, 2.24) is 0 Å². The van der Waals surface area contributed by atoms with Crippen molar-refractivity contribution in [2.75, 3.05) is 11.9 Å². The van der Waals surface area contributed by atoms with Gasteiger partial charge in [-0.05, 0) is 30.3 Å². The fourth-order valence-corrected chi connectivity index (χ4v) is 4.56. The second kappa shape index (κ2) is 7.34. The molecule has 0 aromatic heterocycles. The number of carboxylic acid groups (broad SMARTS) is 1. The van der Waals surface area contributed by atoms with Gasteiger partial charge in [0.25, 0.3) is 0 Å². The molecule has 0 aliphatic carbocycles. The van der Waals surface area contributed by atoms with Crippen LogP contribution in [0.4, 0.5) is 18.9 Å². The second-order valence-corrected chi connectivity index (χ2v) is 7.70. The van der Waals surface area contributed by atoms with Crippen molar-refractivity contribution in [3.8, 4) is 0 Å². The van der Waals surface area contributed by atoms with Crippen LogP contribution in [0.15, 0.2) is 46.2 Å². The highest BCUT2D eigenvalue weighted by Crippen LogP contribution is 2.41. The lowest BCUT2D eigenvalue weighted by atomic mass is 10.2. The summed E-state index contributed by atoms with van der Waals surface area (Å²) in [5, 5.41) is 10.6. The minimum Gasteiger partial charge on any atom is -0.480 e. The number of aliphatic carboxylic acids is 1. The van der Waals surface area contributed by atoms with Gasteiger partial charge in [-0.15, -0.1) is 0 Å². The Morgan fingerprint density at radius 1 is 1.15 bits per heavy atom. The molecular weight excluding hydrogens is 418 g/mol. The summed E-state index contributed by atoms with van der Waals surface area (Å²) in [5.41, 5.74) is -1.95. The summed E-state index contributed by atoms with van der Waals surface area (Å²) >= 11 is 11.5. The molecule has 0 aliphatic rings. The SMILES string of the molecule is O=C(O)CNc1cccc(C(F)(F)F)c1S(=O)(=O)c1ccc(Cl)cc1Cl. The number of halogens is 5. The summed E-state index contributed by atoms with van der Waals surface area (Å²) < 4.78 is 65.9. The number of nitrogens with one attached hydrogen (secondary N) is 1. The van der Waals surface area contributed by atoms with E-state index in [4.69, 9.17) is 28.3 Å². The third-order valence-electron chi connectivity index (χ3n) is 3.20. The molecule has 0 radical (unpaired) electrons. The van der Waals surface area contributed by atoms with Crippen LogP contribution < -0.4 is 5.32 Å². The number of anilines is 1. The Morgan fingerprint density at radius 2 is 1.81 bits per heavy atom. The van der Waals surface area contributed by atoms with Crippen LogP contribution in [0.3, 0.4) is 0 Å². The van der Waals surface area contributed by atoms with E-state index in [9.17, 15) is 26.4 Å². The lowest BCUT2D eigenvalue weighted by molar-refractivity contribution is -0.139. The highest BCUT2D eigenvalue weighted by Gasteiger charge is 2.39. The van der Waals surface area contributed by atoms with Crippen LogP contribution in [0.1, 0.15) is 5.56 Å². The molecule has 0 heterocycles. The van der Waals surface area contributed by atoms with Crippen LogP contribution in [0.5, 0.6) is 0 Å². The largest absolute Gasteiger partial charge is 0.480 e. The average Bonchev–Trinajstić information content (AvgIpc) is 2.51. The fraction of sp³-hybridized carbons (Fsp3) is 0.133. The number of carbonyl (C=O) groups is 1. The normalized spacial score (nSPS) is 12.0. The van der Waals surface area contributed by atoms with Gasteiger partial charge in [0.2, 0.25) is 9.84 Å². The maximum atomic E-state index is 13.4. The van der Waals surface area contributed by atoms with Crippen molar-refractivity contribution >= 4 is 44.7 Å². The number of benzene rings is 2. The molecule has 2 N–H and O–H groups in total. The molecule has 0 saturated heterocycles. The molecule has 0 aliphatic heterocycles. The van der Waals surface area contributed by atoms with Gasteiger partial charge >= 0.3 is 12.1 Å². The van der Waals surface area contributed by atoms with E-state index >= 15 is 0 Å². The monoisotopic (exact) mass is 427 g/mol. The van der Waals surface area contributed by atoms with Gasteiger partial charge in [0.1, 0.15) is 11.4 Å².